The highest BCUT2D eigenvalue weighted by Gasteiger charge is 2.44. The van der Waals surface area contributed by atoms with Gasteiger partial charge in [0.2, 0.25) is 0 Å². The predicted molar refractivity (Wildman–Crippen MR) is 137 cm³/mol. The number of fused-ring (bicyclic) bond motifs is 1. The fourth-order valence-electron chi connectivity index (χ4n) is 5.43. The molecule has 0 radical (unpaired) electrons. The van der Waals surface area contributed by atoms with Crippen LogP contribution in [0.1, 0.15) is 76.6 Å². The summed E-state index contributed by atoms with van der Waals surface area (Å²) in [4.78, 5) is 20.0. The number of hydrogen-bond acceptors (Lipinski definition) is 3. The number of nitrogens with one attached hydrogen (secondary N) is 1. The molecular formula is C30H32F3N3O. The SMILES string of the molecule is Cc1ccc(C2(CNC(=O)c3cnc4c(c3)CN(Cc3ccc(C(F)(F)F)cc3)[C@H]4C(C)C)CC2)cc1. The molecule has 7 heteroatoms. The maximum Gasteiger partial charge on any atom is 0.416 e. The zero-order valence-electron chi connectivity index (χ0n) is 21.4. The Morgan fingerprint density at radius 3 is 2.38 bits per heavy atom. The lowest BCUT2D eigenvalue weighted by Crippen LogP contribution is -2.32. The van der Waals surface area contributed by atoms with Gasteiger partial charge in [-0.2, -0.15) is 13.2 Å². The van der Waals surface area contributed by atoms with E-state index in [1.54, 1.807) is 6.20 Å². The molecule has 1 saturated carbocycles. The van der Waals surface area contributed by atoms with Crippen LogP contribution in [-0.4, -0.2) is 22.3 Å². The van der Waals surface area contributed by atoms with Gasteiger partial charge in [0.15, 0.2) is 0 Å². The van der Waals surface area contributed by atoms with Crippen molar-refractivity contribution in [2.75, 3.05) is 6.54 Å². The van der Waals surface area contributed by atoms with E-state index in [0.29, 0.717) is 25.2 Å². The summed E-state index contributed by atoms with van der Waals surface area (Å²) in [6, 6.07) is 15.8. The molecule has 0 spiro atoms. The molecule has 1 aliphatic carbocycles. The molecule has 4 nitrogen and oxygen atoms in total. The molecule has 37 heavy (non-hydrogen) atoms. The molecule has 2 aromatic carbocycles. The number of alkyl halides is 3. The van der Waals surface area contributed by atoms with Gasteiger partial charge in [0.05, 0.1) is 22.9 Å². The van der Waals surface area contributed by atoms with Crippen molar-refractivity contribution in [1.29, 1.82) is 0 Å². The lowest BCUT2D eigenvalue weighted by atomic mass is 9.95. The van der Waals surface area contributed by atoms with Crippen molar-refractivity contribution in [1.82, 2.24) is 15.2 Å². The fraction of sp³-hybridized carbons (Fsp3) is 0.400. The first-order chi connectivity index (χ1) is 17.6. The second kappa shape index (κ2) is 9.60. The Morgan fingerprint density at radius 1 is 1.11 bits per heavy atom. The van der Waals surface area contributed by atoms with E-state index in [1.807, 2.05) is 6.07 Å². The Bertz CT molecular complexity index is 1280. The minimum absolute atomic E-state index is 0.0225. The smallest absolute Gasteiger partial charge is 0.351 e. The van der Waals surface area contributed by atoms with Gasteiger partial charge >= 0.3 is 6.18 Å². The molecule has 0 saturated heterocycles. The summed E-state index contributed by atoms with van der Waals surface area (Å²) < 4.78 is 38.8. The third kappa shape index (κ3) is 5.28. The molecule has 0 bridgehead atoms. The molecule has 3 aromatic rings. The Hall–Kier alpha value is -3.19. The van der Waals surface area contributed by atoms with Crippen LogP contribution in [0.4, 0.5) is 13.2 Å². The monoisotopic (exact) mass is 507 g/mol. The number of pyridine rings is 1. The first-order valence-electron chi connectivity index (χ1n) is 12.8. The van der Waals surface area contributed by atoms with Crippen LogP contribution in [0.3, 0.4) is 0 Å². The fourth-order valence-corrected chi connectivity index (χ4v) is 5.43. The second-order valence-corrected chi connectivity index (χ2v) is 10.9. The van der Waals surface area contributed by atoms with Gasteiger partial charge < -0.3 is 5.32 Å². The third-order valence-corrected chi connectivity index (χ3v) is 7.71. The standard InChI is InChI=1S/C30H32F3N3O/c1-19(2)27-26-23(17-36(27)16-21-6-10-25(11-7-21)30(31,32)33)14-22(15-34-26)28(37)35-18-29(12-13-29)24-8-4-20(3)5-9-24/h4-11,14-15,19,27H,12-13,16-18H2,1-3H3,(H,35,37)/t27-/m0/s1. The number of aromatic nitrogens is 1. The molecule has 2 aliphatic rings. The molecule has 1 aliphatic heterocycles. The average molecular weight is 508 g/mol. The van der Waals surface area contributed by atoms with Crippen LogP contribution in [0.2, 0.25) is 0 Å². The molecule has 194 valence electrons. The maximum atomic E-state index is 13.0. The lowest BCUT2D eigenvalue weighted by Gasteiger charge is -2.27. The molecule has 1 amide bonds. The Balaban J connectivity index is 1.28. The maximum absolute atomic E-state index is 13.0. The van der Waals surface area contributed by atoms with Crippen molar-refractivity contribution in [2.45, 2.75) is 64.3 Å². The second-order valence-electron chi connectivity index (χ2n) is 10.9. The number of amides is 1. The third-order valence-electron chi connectivity index (χ3n) is 7.71. The minimum atomic E-state index is -4.34. The van der Waals surface area contributed by atoms with Crippen LogP contribution < -0.4 is 5.32 Å². The zero-order chi connectivity index (χ0) is 26.4. The van der Waals surface area contributed by atoms with E-state index in [4.69, 9.17) is 4.98 Å². The van der Waals surface area contributed by atoms with Crippen LogP contribution in [0.5, 0.6) is 0 Å². The summed E-state index contributed by atoms with van der Waals surface area (Å²) in [6.45, 7) is 8.00. The van der Waals surface area contributed by atoms with E-state index >= 15 is 0 Å². The first-order valence-corrected chi connectivity index (χ1v) is 12.8. The van der Waals surface area contributed by atoms with E-state index in [2.05, 4.69) is 55.3 Å². The van der Waals surface area contributed by atoms with E-state index in [0.717, 1.165) is 41.8 Å². The molecule has 5 rings (SSSR count). The molecule has 1 aromatic heterocycles. The highest BCUT2D eigenvalue weighted by atomic mass is 19.4. The molecule has 2 heterocycles. The van der Waals surface area contributed by atoms with E-state index in [9.17, 15) is 18.0 Å². The van der Waals surface area contributed by atoms with Crippen molar-refractivity contribution in [2.24, 2.45) is 5.92 Å². The molecule has 1 N–H and O–H groups in total. The summed E-state index contributed by atoms with van der Waals surface area (Å²) in [5.74, 6) is 0.128. The van der Waals surface area contributed by atoms with Gasteiger partial charge in [0.25, 0.3) is 5.91 Å². The predicted octanol–water partition coefficient (Wildman–Crippen LogP) is 6.58. The van der Waals surface area contributed by atoms with Crippen molar-refractivity contribution < 1.29 is 18.0 Å². The van der Waals surface area contributed by atoms with Crippen LogP contribution in [0.25, 0.3) is 0 Å². The van der Waals surface area contributed by atoms with E-state index < -0.39 is 11.7 Å². The minimum Gasteiger partial charge on any atom is -0.351 e. The van der Waals surface area contributed by atoms with Crippen LogP contribution in [0.15, 0.2) is 60.8 Å². The number of benzene rings is 2. The number of carbonyl (C=O) groups is 1. The van der Waals surface area contributed by atoms with Crippen molar-refractivity contribution in [3.05, 3.63) is 99.9 Å². The average Bonchev–Trinajstić information content (AvgIpc) is 3.56. The van der Waals surface area contributed by atoms with Gasteiger partial charge in [-0.05, 0) is 60.6 Å². The largest absolute Gasteiger partial charge is 0.416 e. The van der Waals surface area contributed by atoms with Crippen LogP contribution >= 0.6 is 0 Å². The molecule has 1 atom stereocenters. The normalized spacial score (nSPS) is 18.6. The summed E-state index contributed by atoms with van der Waals surface area (Å²) in [5, 5.41) is 3.12. The van der Waals surface area contributed by atoms with Gasteiger partial charge in [-0.1, -0.05) is 55.8 Å². The van der Waals surface area contributed by atoms with Crippen molar-refractivity contribution in [3.63, 3.8) is 0 Å². The molecule has 0 unspecified atom stereocenters. The number of rotatable bonds is 7. The van der Waals surface area contributed by atoms with Gasteiger partial charge in [0.1, 0.15) is 0 Å². The van der Waals surface area contributed by atoms with Crippen molar-refractivity contribution in [3.8, 4) is 0 Å². The number of aryl methyl sites for hydroxylation is 1. The zero-order valence-corrected chi connectivity index (χ0v) is 21.4. The summed E-state index contributed by atoms with van der Waals surface area (Å²) in [7, 11) is 0. The Kier molecular flexibility index (Phi) is 6.61. The van der Waals surface area contributed by atoms with Crippen LogP contribution in [-0.2, 0) is 24.7 Å². The molecule has 1 fully saturated rings. The van der Waals surface area contributed by atoms with Gasteiger partial charge in [0, 0.05) is 31.2 Å². The number of nitrogens with zero attached hydrogens (tertiary/aromatic N) is 2. The summed E-state index contributed by atoms with van der Waals surface area (Å²) >= 11 is 0. The summed E-state index contributed by atoms with van der Waals surface area (Å²) in [6.07, 6.45) is -0.568. The quantitative estimate of drug-likeness (QED) is 0.393. The number of halogens is 3. The first kappa shape index (κ1) is 25.5. The number of hydrogen-bond donors (Lipinski definition) is 1. The van der Waals surface area contributed by atoms with Gasteiger partial charge in [-0.25, -0.2) is 0 Å². The Morgan fingerprint density at radius 2 is 1.78 bits per heavy atom. The lowest BCUT2D eigenvalue weighted by molar-refractivity contribution is -0.137. The topological polar surface area (TPSA) is 45.2 Å². The van der Waals surface area contributed by atoms with Crippen LogP contribution in [0, 0.1) is 12.8 Å². The summed E-state index contributed by atoms with van der Waals surface area (Å²) in [5.41, 5.74) is 5.16. The Labute approximate surface area is 215 Å². The highest BCUT2D eigenvalue weighted by Crippen LogP contribution is 2.47. The van der Waals surface area contributed by atoms with Crippen molar-refractivity contribution >= 4 is 5.91 Å². The number of carbonyl (C=O) groups excluding carboxylic acids is 1. The van der Waals surface area contributed by atoms with Gasteiger partial charge in [-0.3, -0.25) is 14.7 Å². The van der Waals surface area contributed by atoms with E-state index in [1.165, 1.54) is 23.3 Å². The van der Waals surface area contributed by atoms with Gasteiger partial charge in [-0.15, -0.1) is 0 Å². The van der Waals surface area contributed by atoms with E-state index in [-0.39, 0.29) is 23.3 Å². The highest BCUT2D eigenvalue weighted by molar-refractivity contribution is 5.94. The molecular weight excluding hydrogens is 475 g/mol.